The number of benzene rings is 1. The Bertz CT molecular complexity index is 456. The molecule has 2 aromatic rings. The third kappa shape index (κ3) is 3.73. The lowest BCUT2D eigenvalue weighted by atomic mass is 10.1. The Morgan fingerprint density at radius 2 is 1.83 bits per heavy atom. The minimum atomic E-state index is 0.642. The fourth-order valence-corrected chi connectivity index (χ4v) is 1.65. The summed E-state index contributed by atoms with van der Waals surface area (Å²) >= 11 is 0. The van der Waals surface area contributed by atoms with E-state index < -0.39 is 0 Å². The van der Waals surface area contributed by atoms with Crippen molar-refractivity contribution in [3.63, 3.8) is 0 Å². The third-order valence-electron chi connectivity index (χ3n) is 2.63. The summed E-state index contributed by atoms with van der Waals surface area (Å²) in [5.74, 6) is 1.31. The van der Waals surface area contributed by atoms with Gasteiger partial charge in [-0.05, 0) is 18.4 Å². The fraction of sp³-hybridized carbons (Fsp3) is 0.286. The molecule has 2 rings (SSSR count). The predicted octanol–water partition coefficient (Wildman–Crippen LogP) is 2.53. The molecule has 0 aliphatic heterocycles. The average Bonchev–Trinajstić information content (AvgIpc) is 2.45. The van der Waals surface area contributed by atoms with Crippen LogP contribution in [0.15, 0.2) is 42.7 Å². The van der Waals surface area contributed by atoms with Gasteiger partial charge in [0.05, 0.1) is 19.5 Å². The lowest BCUT2D eigenvalue weighted by Crippen LogP contribution is -2.06. The van der Waals surface area contributed by atoms with Crippen molar-refractivity contribution in [3.05, 3.63) is 48.3 Å². The Morgan fingerprint density at radius 3 is 2.50 bits per heavy atom. The third-order valence-corrected chi connectivity index (χ3v) is 2.63. The van der Waals surface area contributed by atoms with Gasteiger partial charge in [0.15, 0.2) is 5.75 Å². The Morgan fingerprint density at radius 1 is 1.11 bits per heavy atom. The van der Waals surface area contributed by atoms with Gasteiger partial charge in [0.1, 0.15) is 0 Å². The van der Waals surface area contributed by atoms with Crippen LogP contribution in [0, 0.1) is 0 Å². The second kappa shape index (κ2) is 6.59. The van der Waals surface area contributed by atoms with Crippen LogP contribution in [-0.2, 0) is 6.42 Å². The highest BCUT2D eigenvalue weighted by Gasteiger charge is 1.97. The van der Waals surface area contributed by atoms with Crippen molar-refractivity contribution in [3.8, 4) is 5.75 Å². The Balaban J connectivity index is 1.72. The molecule has 94 valence electrons. The van der Waals surface area contributed by atoms with Crippen molar-refractivity contribution in [2.24, 2.45) is 0 Å². The van der Waals surface area contributed by atoms with Crippen LogP contribution in [0.5, 0.6) is 5.75 Å². The highest BCUT2D eigenvalue weighted by Crippen LogP contribution is 2.07. The number of aryl methyl sites for hydroxylation is 1. The van der Waals surface area contributed by atoms with Gasteiger partial charge >= 0.3 is 0 Å². The van der Waals surface area contributed by atoms with Gasteiger partial charge in [-0.3, -0.25) is 0 Å². The van der Waals surface area contributed by atoms with Gasteiger partial charge in [-0.2, -0.15) is 0 Å². The van der Waals surface area contributed by atoms with Gasteiger partial charge < -0.3 is 10.1 Å². The summed E-state index contributed by atoms with van der Waals surface area (Å²) in [6.45, 7) is 0.862. The van der Waals surface area contributed by atoms with Crippen LogP contribution in [0.2, 0.25) is 0 Å². The van der Waals surface area contributed by atoms with Gasteiger partial charge in [0.25, 0.3) is 0 Å². The van der Waals surface area contributed by atoms with E-state index in [0.717, 1.165) is 19.4 Å². The molecule has 4 heteroatoms. The van der Waals surface area contributed by atoms with E-state index in [1.165, 1.54) is 5.56 Å². The number of methoxy groups -OCH3 is 1. The van der Waals surface area contributed by atoms with Crippen LogP contribution < -0.4 is 10.1 Å². The van der Waals surface area contributed by atoms with Gasteiger partial charge in [-0.1, -0.05) is 30.3 Å². The van der Waals surface area contributed by atoms with E-state index in [9.17, 15) is 0 Å². The van der Waals surface area contributed by atoms with Crippen molar-refractivity contribution in [1.29, 1.82) is 0 Å². The van der Waals surface area contributed by atoms with Crippen molar-refractivity contribution in [1.82, 2.24) is 9.97 Å². The van der Waals surface area contributed by atoms with E-state index in [1.54, 1.807) is 19.5 Å². The topological polar surface area (TPSA) is 47.0 Å². The summed E-state index contributed by atoms with van der Waals surface area (Å²) in [6.07, 6.45) is 5.43. The molecule has 0 unspecified atom stereocenters. The lowest BCUT2D eigenvalue weighted by Gasteiger charge is -2.05. The molecule has 0 radical (unpaired) electrons. The maximum absolute atomic E-state index is 5.00. The first-order valence-corrected chi connectivity index (χ1v) is 6.02. The van der Waals surface area contributed by atoms with Gasteiger partial charge in [0, 0.05) is 6.54 Å². The van der Waals surface area contributed by atoms with Crippen molar-refractivity contribution in [2.45, 2.75) is 12.8 Å². The lowest BCUT2D eigenvalue weighted by molar-refractivity contribution is 0.411. The summed E-state index contributed by atoms with van der Waals surface area (Å²) in [4.78, 5) is 8.29. The molecule has 0 fully saturated rings. The van der Waals surface area contributed by atoms with Crippen LogP contribution in [0.1, 0.15) is 12.0 Å². The van der Waals surface area contributed by atoms with E-state index in [2.05, 4.69) is 39.6 Å². The molecule has 18 heavy (non-hydrogen) atoms. The zero-order chi connectivity index (χ0) is 12.6. The number of anilines is 1. The van der Waals surface area contributed by atoms with Gasteiger partial charge in [-0.15, -0.1) is 0 Å². The fourth-order valence-electron chi connectivity index (χ4n) is 1.65. The first-order chi connectivity index (χ1) is 8.88. The van der Waals surface area contributed by atoms with Crippen LogP contribution in [0.25, 0.3) is 0 Å². The number of ether oxygens (including phenoxy) is 1. The summed E-state index contributed by atoms with van der Waals surface area (Å²) in [7, 11) is 1.60. The second-order valence-corrected chi connectivity index (χ2v) is 3.96. The molecule has 0 amide bonds. The number of nitrogens with one attached hydrogen (secondary N) is 1. The molecule has 0 aliphatic rings. The molecule has 4 nitrogen and oxygen atoms in total. The van der Waals surface area contributed by atoms with Crippen LogP contribution in [0.3, 0.4) is 0 Å². The number of aromatic nitrogens is 2. The smallest absolute Gasteiger partial charge is 0.222 e. The van der Waals surface area contributed by atoms with Crippen LogP contribution in [-0.4, -0.2) is 23.6 Å². The maximum Gasteiger partial charge on any atom is 0.222 e. The zero-order valence-electron chi connectivity index (χ0n) is 10.5. The standard InChI is InChI=1S/C14H17N3O/c1-18-13-10-16-14(17-11-13)15-9-5-8-12-6-3-2-4-7-12/h2-4,6-7,10-11H,5,8-9H2,1H3,(H,15,16,17). The van der Waals surface area contributed by atoms with Crippen molar-refractivity contribution in [2.75, 3.05) is 19.0 Å². The number of hydrogen-bond acceptors (Lipinski definition) is 4. The first kappa shape index (κ1) is 12.4. The predicted molar refractivity (Wildman–Crippen MR) is 71.8 cm³/mol. The highest BCUT2D eigenvalue weighted by atomic mass is 16.5. The summed E-state index contributed by atoms with van der Waals surface area (Å²) in [6, 6.07) is 10.4. The van der Waals surface area contributed by atoms with Crippen LogP contribution in [0.4, 0.5) is 5.95 Å². The van der Waals surface area contributed by atoms with E-state index in [4.69, 9.17) is 4.74 Å². The minimum Gasteiger partial charge on any atom is -0.494 e. The second-order valence-electron chi connectivity index (χ2n) is 3.96. The van der Waals surface area contributed by atoms with Crippen LogP contribution >= 0.6 is 0 Å². The minimum absolute atomic E-state index is 0.642. The molecular weight excluding hydrogens is 226 g/mol. The molecule has 0 saturated heterocycles. The Hall–Kier alpha value is -2.10. The molecule has 1 N–H and O–H groups in total. The quantitative estimate of drug-likeness (QED) is 0.792. The molecule has 1 aromatic carbocycles. The number of nitrogens with zero attached hydrogens (tertiary/aromatic N) is 2. The molecule has 0 aliphatic carbocycles. The van der Waals surface area contributed by atoms with Crippen molar-refractivity contribution >= 4 is 5.95 Å². The van der Waals surface area contributed by atoms with E-state index in [-0.39, 0.29) is 0 Å². The molecule has 0 bridgehead atoms. The average molecular weight is 243 g/mol. The number of rotatable bonds is 6. The highest BCUT2D eigenvalue weighted by molar-refractivity contribution is 5.26. The number of hydrogen-bond donors (Lipinski definition) is 1. The van der Waals surface area contributed by atoms with Gasteiger partial charge in [-0.25, -0.2) is 9.97 Å². The molecular formula is C14H17N3O. The summed E-state index contributed by atoms with van der Waals surface area (Å²) in [5, 5.41) is 3.19. The molecule has 0 atom stereocenters. The summed E-state index contributed by atoms with van der Waals surface area (Å²) < 4.78 is 5.00. The molecule has 0 saturated carbocycles. The Kier molecular flexibility index (Phi) is 4.53. The summed E-state index contributed by atoms with van der Waals surface area (Å²) in [5.41, 5.74) is 1.36. The van der Waals surface area contributed by atoms with E-state index in [1.807, 2.05) is 6.07 Å². The van der Waals surface area contributed by atoms with E-state index >= 15 is 0 Å². The molecule has 1 heterocycles. The zero-order valence-corrected chi connectivity index (χ0v) is 10.5. The molecule has 1 aromatic heterocycles. The van der Waals surface area contributed by atoms with Crippen molar-refractivity contribution < 1.29 is 4.74 Å². The molecule has 0 spiro atoms. The SMILES string of the molecule is COc1cnc(NCCCc2ccccc2)nc1. The van der Waals surface area contributed by atoms with Gasteiger partial charge in [0.2, 0.25) is 5.95 Å². The Labute approximate surface area is 107 Å². The first-order valence-electron chi connectivity index (χ1n) is 6.02. The largest absolute Gasteiger partial charge is 0.494 e. The maximum atomic E-state index is 5.00. The normalized spacial score (nSPS) is 10.1. The monoisotopic (exact) mass is 243 g/mol. The van der Waals surface area contributed by atoms with E-state index in [0.29, 0.717) is 11.7 Å².